The van der Waals surface area contributed by atoms with Crippen molar-refractivity contribution in [2.45, 2.75) is 232 Å². The zero-order valence-electron chi connectivity index (χ0n) is 42.0. The number of esters is 3. The molecule has 0 aliphatic rings. The summed E-state index contributed by atoms with van der Waals surface area (Å²) in [5.41, 5.74) is 0. The molecule has 65 heavy (non-hydrogen) atoms. The van der Waals surface area contributed by atoms with E-state index in [0.717, 1.165) is 135 Å². The Labute approximate surface area is 400 Å². The minimum absolute atomic E-state index is 0.105. The van der Waals surface area contributed by atoms with Gasteiger partial charge in [0.1, 0.15) is 13.2 Å². The van der Waals surface area contributed by atoms with Gasteiger partial charge < -0.3 is 14.2 Å². The standard InChI is InChI=1S/C59H96O6/c1-4-7-10-13-16-19-22-25-28-30-32-34-37-40-43-46-49-52-58(61)64-55-56(54-63-57(60)51-48-45-42-39-36-33-27-24-21-18-15-12-9-6-3)65-59(62)53-50-47-44-41-38-35-31-29-26-23-20-17-14-11-8-5-2/h8-9,11-12,16-21,25-29,33,35,38,56H,4-7,10,13-15,22-24,30-32,34,36-37,39-55H2,1-3H3/b11-8-,12-9-,19-16-,20-17-,21-18-,28-25-,29-26-,33-27-,38-35-. The number of ether oxygens (including phenoxy) is 3. The second-order valence-electron chi connectivity index (χ2n) is 17.0. The molecule has 6 heteroatoms. The summed E-state index contributed by atoms with van der Waals surface area (Å²) in [5.74, 6) is -0.971. The average Bonchev–Trinajstić information content (AvgIpc) is 3.30. The van der Waals surface area contributed by atoms with E-state index < -0.39 is 6.10 Å². The second kappa shape index (κ2) is 52.7. The van der Waals surface area contributed by atoms with Crippen molar-refractivity contribution in [1.82, 2.24) is 0 Å². The van der Waals surface area contributed by atoms with Crippen molar-refractivity contribution in [3.05, 3.63) is 109 Å². The van der Waals surface area contributed by atoms with Gasteiger partial charge in [-0.1, -0.05) is 194 Å². The third kappa shape index (κ3) is 50.9. The molecule has 0 aromatic carbocycles. The summed E-state index contributed by atoms with van der Waals surface area (Å²) >= 11 is 0. The average molecular weight is 901 g/mol. The normalized spacial score (nSPS) is 13.0. The minimum atomic E-state index is -0.809. The van der Waals surface area contributed by atoms with E-state index in [2.05, 4.69) is 130 Å². The molecule has 0 radical (unpaired) electrons. The topological polar surface area (TPSA) is 78.9 Å². The first-order chi connectivity index (χ1) is 32.0. The summed E-state index contributed by atoms with van der Waals surface area (Å²) in [5, 5.41) is 0. The fraction of sp³-hybridized carbons (Fsp3) is 0.644. The van der Waals surface area contributed by atoms with Crippen LogP contribution in [0.15, 0.2) is 109 Å². The van der Waals surface area contributed by atoms with Crippen molar-refractivity contribution in [2.24, 2.45) is 0 Å². The van der Waals surface area contributed by atoms with Gasteiger partial charge in [-0.25, -0.2) is 0 Å². The Hall–Kier alpha value is -3.93. The number of hydrogen-bond acceptors (Lipinski definition) is 6. The summed E-state index contributed by atoms with van der Waals surface area (Å²) in [6.45, 7) is 6.32. The molecule has 1 atom stereocenters. The molecule has 0 amide bonds. The maximum absolute atomic E-state index is 12.8. The van der Waals surface area contributed by atoms with E-state index in [4.69, 9.17) is 14.2 Å². The highest BCUT2D eigenvalue weighted by Gasteiger charge is 2.19. The molecular weight excluding hydrogens is 805 g/mol. The van der Waals surface area contributed by atoms with Crippen molar-refractivity contribution in [1.29, 1.82) is 0 Å². The molecule has 0 aromatic rings. The highest BCUT2D eigenvalue weighted by molar-refractivity contribution is 5.71. The van der Waals surface area contributed by atoms with Gasteiger partial charge in [-0.05, 0) is 122 Å². The zero-order valence-corrected chi connectivity index (χ0v) is 42.0. The van der Waals surface area contributed by atoms with Crippen LogP contribution >= 0.6 is 0 Å². The first-order valence-corrected chi connectivity index (χ1v) is 26.4. The Balaban J connectivity index is 4.50. The highest BCUT2D eigenvalue weighted by Crippen LogP contribution is 2.13. The summed E-state index contributed by atoms with van der Waals surface area (Å²) in [4.78, 5) is 38.0. The Kier molecular flexibility index (Phi) is 49.5. The number of carbonyl (C=O) groups is 3. The number of carbonyl (C=O) groups excluding carboxylic acids is 3. The van der Waals surface area contributed by atoms with Crippen LogP contribution < -0.4 is 0 Å². The molecule has 0 fully saturated rings. The van der Waals surface area contributed by atoms with Crippen molar-refractivity contribution in [3.8, 4) is 0 Å². The van der Waals surface area contributed by atoms with Crippen LogP contribution in [0.1, 0.15) is 226 Å². The van der Waals surface area contributed by atoms with Crippen LogP contribution in [0.25, 0.3) is 0 Å². The van der Waals surface area contributed by atoms with Gasteiger partial charge in [-0.15, -0.1) is 0 Å². The predicted octanol–water partition coefficient (Wildman–Crippen LogP) is 17.5. The number of rotatable bonds is 46. The smallest absolute Gasteiger partial charge is 0.306 e. The van der Waals surface area contributed by atoms with E-state index in [1.54, 1.807) is 0 Å². The lowest BCUT2D eigenvalue weighted by atomic mass is 10.1. The molecule has 0 saturated heterocycles. The van der Waals surface area contributed by atoms with Crippen LogP contribution in [-0.4, -0.2) is 37.2 Å². The van der Waals surface area contributed by atoms with E-state index in [0.29, 0.717) is 12.8 Å². The molecule has 6 nitrogen and oxygen atoms in total. The molecule has 0 aliphatic carbocycles. The molecule has 0 bridgehead atoms. The number of allylic oxidation sites excluding steroid dienone is 18. The molecule has 0 saturated carbocycles. The summed E-state index contributed by atoms with van der Waals surface area (Å²) < 4.78 is 16.8. The van der Waals surface area contributed by atoms with Crippen LogP contribution in [-0.2, 0) is 28.6 Å². The lowest BCUT2D eigenvalue weighted by Crippen LogP contribution is -2.30. The van der Waals surface area contributed by atoms with Gasteiger partial charge in [-0.2, -0.15) is 0 Å². The largest absolute Gasteiger partial charge is 0.462 e. The predicted molar refractivity (Wildman–Crippen MR) is 279 cm³/mol. The van der Waals surface area contributed by atoms with Crippen molar-refractivity contribution < 1.29 is 28.6 Å². The molecule has 0 N–H and O–H groups in total. The molecule has 0 spiro atoms. The molecular formula is C59H96O6. The van der Waals surface area contributed by atoms with Crippen LogP contribution in [0.4, 0.5) is 0 Å². The zero-order chi connectivity index (χ0) is 47.2. The quantitative estimate of drug-likeness (QED) is 0.0262. The van der Waals surface area contributed by atoms with Gasteiger partial charge in [-0.3, -0.25) is 14.4 Å². The van der Waals surface area contributed by atoms with Crippen LogP contribution in [0.3, 0.4) is 0 Å². The van der Waals surface area contributed by atoms with E-state index in [9.17, 15) is 14.4 Å². The SMILES string of the molecule is CC/C=C\C/C=C\C/C=C\C/C=C\CCCCCC(=O)OC(COC(=O)CCCCCC/C=C\C/C=C\C/C=C\CC)COC(=O)CCCCCCCCC/C=C\C/C=C\CCCCC. The van der Waals surface area contributed by atoms with E-state index >= 15 is 0 Å². The maximum Gasteiger partial charge on any atom is 0.306 e. The fourth-order valence-corrected chi connectivity index (χ4v) is 6.83. The molecule has 1 unspecified atom stereocenters. The van der Waals surface area contributed by atoms with E-state index in [1.807, 2.05) is 0 Å². The van der Waals surface area contributed by atoms with Gasteiger partial charge in [0.05, 0.1) is 0 Å². The number of unbranched alkanes of at least 4 members (excludes halogenated alkanes) is 17. The number of hydrogen-bond donors (Lipinski definition) is 0. The van der Waals surface area contributed by atoms with Gasteiger partial charge in [0.15, 0.2) is 6.10 Å². The van der Waals surface area contributed by atoms with Crippen molar-refractivity contribution in [2.75, 3.05) is 13.2 Å². The lowest BCUT2D eigenvalue weighted by molar-refractivity contribution is -0.167. The van der Waals surface area contributed by atoms with Crippen LogP contribution in [0.5, 0.6) is 0 Å². The van der Waals surface area contributed by atoms with Gasteiger partial charge in [0.2, 0.25) is 0 Å². The van der Waals surface area contributed by atoms with Crippen LogP contribution in [0, 0.1) is 0 Å². The highest BCUT2D eigenvalue weighted by atomic mass is 16.6. The van der Waals surface area contributed by atoms with E-state index in [1.165, 1.54) is 51.4 Å². The Morgan fingerprint density at radius 2 is 0.600 bits per heavy atom. The lowest BCUT2D eigenvalue weighted by Gasteiger charge is -2.18. The third-order valence-electron chi connectivity index (χ3n) is 10.7. The second-order valence-corrected chi connectivity index (χ2v) is 17.0. The minimum Gasteiger partial charge on any atom is -0.462 e. The summed E-state index contributed by atoms with van der Waals surface area (Å²) in [6.07, 6.45) is 70.7. The van der Waals surface area contributed by atoms with Gasteiger partial charge in [0, 0.05) is 19.3 Å². The Morgan fingerprint density at radius 3 is 0.954 bits per heavy atom. The Morgan fingerprint density at radius 1 is 0.323 bits per heavy atom. The summed E-state index contributed by atoms with van der Waals surface area (Å²) in [6, 6.07) is 0. The molecule has 0 aliphatic heterocycles. The fourth-order valence-electron chi connectivity index (χ4n) is 6.83. The molecule has 368 valence electrons. The Bertz CT molecular complexity index is 1360. The first kappa shape index (κ1) is 61.1. The molecule has 0 aromatic heterocycles. The van der Waals surface area contributed by atoms with Gasteiger partial charge in [0.25, 0.3) is 0 Å². The third-order valence-corrected chi connectivity index (χ3v) is 10.7. The molecule has 0 rings (SSSR count). The van der Waals surface area contributed by atoms with Crippen molar-refractivity contribution in [3.63, 3.8) is 0 Å². The van der Waals surface area contributed by atoms with Crippen molar-refractivity contribution >= 4 is 17.9 Å². The molecule has 0 heterocycles. The monoisotopic (exact) mass is 901 g/mol. The van der Waals surface area contributed by atoms with Crippen LogP contribution in [0.2, 0.25) is 0 Å². The maximum atomic E-state index is 12.8. The first-order valence-electron chi connectivity index (χ1n) is 26.4. The van der Waals surface area contributed by atoms with E-state index in [-0.39, 0.29) is 37.5 Å². The summed E-state index contributed by atoms with van der Waals surface area (Å²) in [7, 11) is 0. The van der Waals surface area contributed by atoms with Gasteiger partial charge >= 0.3 is 17.9 Å².